The summed E-state index contributed by atoms with van der Waals surface area (Å²) in [6.07, 6.45) is 15.9. The van der Waals surface area contributed by atoms with Crippen molar-refractivity contribution in [3.8, 4) is 0 Å². The molecular weight excluding hydrogens is 725 g/mol. The normalized spacial score (nSPS) is 19.9. The van der Waals surface area contributed by atoms with Gasteiger partial charge in [0.1, 0.15) is 12.7 Å². The molecule has 2 aromatic heterocycles. The fourth-order valence-corrected chi connectivity index (χ4v) is 9.43. The van der Waals surface area contributed by atoms with Gasteiger partial charge in [-0.05, 0) is 89.0 Å². The van der Waals surface area contributed by atoms with Gasteiger partial charge in [0.2, 0.25) is 11.8 Å². The van der Waals surface area contributed by atoms with Crippen molar-refractivity contribution in [1.82, 2.24) is 38.7 Å². The molecular formula is C46H70N10O2. The molecule has 0 saturated carbocycles. The average Bonchev–Trinajstić information content (AvgIpc) is 3.89. The molecule has 4 saturated heterocycles. The van der Waals surface area contributed by atoms with Gasteiger partial charge in [0, 0.05) is 115 Å². The molecule has 0 atom stereocenters. The predicted octanol–water partition coefficient (Wildman–Crippen LogP) is 6.95. The number of carbonyl (C=O) groups is 2. The van der Waals surface area contributed by atoms with Gasteiger partial charge in [0.15, 0.2) is 0 Å². The summed E-state index contributed by atoms with van der Waals surface area (Å²) in [5.74, 6) is 0.313. The van der Waals surface area contributed by atoms with Gasteiger partial charge in [0.25, 0.3) is 0 Å². The minimum absolute atomic E-state index is 0.154. The van der Waals surface area contributed by atoms with Gasteiger partial charge >= 0.3 is 0 Å². The molecule has 4 aliphatic rings. The van der Waals surface area contributed by atoms with Crippen molar-refractivity contribution in [2.75, 3.05) is 102 Å². The lowest BCUT2D eigenvalue weighted by Crippen LogP contribution is -2.52. The minimum Gasteiger partial charge on any atom is -0.371 e. The number of hydrogen-bond donors (Lipinski definition) is 0. The summed E-state index contributed by atoms with van der Waals surface area (Å²) < 4.78 is 3.49. The molecule has 58 heavy (non-hydrogen) atoms. The van der Waals surface area contributed by atoms with Crippen molar-refractivity contribution in [1.29, 1.82) is 0 Å². The number of fused-ring (bicyclic) bond motifs is 2. The van der Waals surface area contributed by atoms with E-state index in [2.05, 4.69) is 104 Å². The molecule has 0 aliphatic carbocycles. The van der Waals surface area contributed by atoms with E-state index >= 15 is 0 Å². The molecule has 0 N–H and O–H groups in total. The number of anilines is 2. The van der Waals surface area contributed by atoms with Crippen LogP contribution in [0.2, 0.25) is 0 Å². The first-order valence-corrected chi connectivity index (χ1v) is 22.7. The highest BCUT2D eigenvalue weighted by Gasteiger charge is 2.28. The number of piperazine rings is 2. The van der Waals surface area contributed by atoms with Crippen LogP contribution < -0.4 is 9.80 Å². The van der Waals surface area contributed by atoms with Crippen LogP contribution >= 0.6 is 0 Å². The van der Waals surface area contributed by atoms with Crippen LogP contribution in [0, 0.1) is 0 Å². The summed E-state index contributed by atoms with van der Waals surface area (Å²) in [7, 11) is 4.44. The Morgan fingerprint density at radius 1 is 0.534 bits per heavy atom. The monoisotopic (exact) mass is 795 g/mol. The van der Waals surface area contributed by atoms with E-state index in [1.807, 2.05) is 0 Å². The van der Waals surface area contributed by atoms with Crippen LogP contribution in [0.1, 0.15) is 100 Å². The Bertz CT molecular complexity index is 1910. The van der Waals surface area contributed by atoms with Crippen LogP contribution in [-0.2, 0) is 0 Å². The zero-order valence-electron chi connectivity index (χ0n) is 36.0. The first-order valence-electron chi connectivity index (χ1n) is 22.7. The maximum Gasteiger partial charge on any atom is 0.232 e. The van der Waals surface area contributed by atoms with Crippen molar-refractivity contribution in [2.24, 2.45) is 0 Å². The van der Waals surface area contributed by atoms with Crippen LogP contribution in [0.4, 0.5) is 11.4 Å². The number of likely N-dealkylation sites (N-methyl/N-ethyl adjacent to an activating group) is 2. The fraction of sp³-hybridized carbons (Fsp3) is 0.652. The Kier molecular flexibility index (Phi) is 14.9. The van der Waals surface area contributed by atoms with E-state index in [1.165, 1.54) is 89.4 Å². The highest BCUT2D eigenvalue weighted by atomic mass is 16.2. The summed E-state index contributed by atoms with van der Waals surface area (Å²) in [5, 5.41) is 0. The Morgan fingerprint density at radius 3 is 1.48 bits per heavy atom. The van der Waals surface area contributed by atoms with Crippen molar-refractivity contribution in [3.05, 3.63) is 49.1 Å². The molecule has 4 fully saturated rings. The number of aromatic nitrogens is 4. The number of rotatable bonds is 12. The Hall–Kier alpha value is -3.84. The summed E-state index contributed by atoms with van der Waals surface area (Å²) in [4.78, 5) is 49.3. The van der Waals surface area contributed by atoms with Gasteiger partial charge in [-0.25, -0.2) is 9.97 Å². The molecule has 8 rings (SSSR count). The topological polar surface area (TPSA) is 89.2 Å². The molecule has 12 heteroatoms. The highest BCUT2D eigenvalue weighted by Crippen LogP contribution is 2.28. The van der Waals surface area contributed by atoms with Gasteiger partial charge in [-0.15, -0.1) is 0 Å². The molecule has 4 aromatic rings. The Morgan fingerprint density at radius 2 is 0.983 bits per heavy atom. The first-order chi connectivity index (χ1) is 28.3. The second kappa shape index (κ2) is 20.4. The minimum atomic E-state index is 0.154. The second-order valence-corrected chi connectivity index (χ2v) is 17.4. The molecule has 0 spiro atoms. The lowest BCUT2D eigenvalue weighted by molar-refractivity contribution is 0.0895. The van der Waals surface area contributed by atoms with E-state index < -0.39 is 0 Å². The van der Waals surface area contributed by atoms with Crippen molar-refractivity contribution in [2.45, 2.75) is 103 Å². The Labute approximate surface area is 347 Å². The number of unbranched alkanes of at least 4 members (excludes halogenated alkanes) is 4. The van der Waals surface area contributed by atoms with Gasteiger partial charge in [-0.2, -0.15) is 0 Å². The SMILES string of the molecule is CCCCCC(=O)n1cnc2cc(N3CCC(N4CCN(C)CC4)CC3)ccc21.CCCCCC(=O)n1cnc2ccc(N3CCC(N4CCN(C)CC4)CC3)cc21. The van der Waals surface area contributed by atoms with E-state index in [0.717, 1.165) is 92.8 Å². The summed E-state index contributed by atoms with van der Waals surface area (Å²) in [5.41, 5.74) is 6.17. The third-order valence-electron chi connectivity index (χ3n) is 13.4. The van der Waals surface area contributed by atoms with E-state index in [0.29, 0.717) is 18.9 Å². The van der Waals surface area contributed by atoms with Crippen molar-refractivity contribution < 1.29 is 9.59 Å². The van der Waals surface area contributed by atoms with Crippen LogP contribution in [0.15, 0.2) is 49.1 Å². The highest BCUT2D eigenvalue weighted by molar-refractivity contribution is 5.92. The van der Waals surface area contributed by atoms with E-state index in [4.69, 9.17) is 0 Å². The van der Waals surface area contributed by atoms with E-state index in [9.17, 15) is 9.59 Å². The van der Waals surface area contributed by atoms with E-state index in [1.54, 1.807) is 21.8 Å². The van der Waals surface area contributed by atoms with Crippen LogP contribution in [0.3, 0.4) is 0 Å². The third kappa shape index (κ3) is 10.5. The van der Waals surface area contributed by atoms with Crippen LogP contribution in [-0.4, -0.2) is 155 Å². The molecule has 0 unspecified atom stereocenters. The number of hydrogen-bond acceptors (Lipinski definition) is 10. The standard InChI is InChI=1S/2C23H35N5O/c1-3-4-5-6-23(29)28-18-24-21-17-20(7-8-22(21)28)26-11-9-19(10-12-26)27-15-13-25(2)14-16-27;1-3-4-5-6-23(29)28-18-24-21-8-7-20(17-22(21)28)26-11-9-19(10-12-26)27-15-13-25(2)14-16-27/h2*7-8,17-19H,3-6,9-16H2,1-2H3. The molecule has 0 radical (unpaired) electrons. The third-order valence-corrected chi connectivity index (χ3v) is 13.4. The number of nitrogens with zero attached hydrogens (tertiary/aromatic N) is 10. The summed E-state index contributed by atoms with van der Waals surface area (Å²) in [6.45, 7) is 18.3. The Balaban J connectivity index is 0.000000177. The van der Waals surface area contributed by atoms with Gasteiger partial charge in [-0.3, -0.25) is 28.5 Å². The fourth-order valence-electron chi connectivity index (χ4n) is 9.43. The van der Waals surface area contributed by atoms with Gasteiger partial charge in [-0.1, -0.05) is 39.5 Å². The summed E-state index contributed by atoms with van der Waals surface area (Å²) in [6, 6.07) is 14.2. The molecule has 0 bridgehead atoms. The maximum absolute atomic E-state index is 12.6. The lowest BCUT2D eigenvalue weighted by Gasteiger charge is -2.42. The number of imidazole rings is 2. The number of piperidine rings is 2. The quantitative estimate of drug-likeness (QED) is 0.141. The molecule has 2 aromatic carbocycles. The molecule has 0 amide bonds. The molecule has 12 nitrogen and oxygen atoms in total. The first kappa shape index (κ1) is 42.3. The molecule has 4 aliphatic heterocycles. The van der Waals surface area contributed by atoms with Crippen LogP contribution in [0.5, 0.6) is 0 Å². The zero-order valence-corrected chi connectivity index (χ0v) is 36.0. The van der Waals surface area contributed by atoms with Crippen LogP contribution in [0.25, 0.3) is 22.1 Å². The number of benzene rings is 2. The largest absolute Gasteiger partial charge is 0.371 e. The molecule has 316 valence electrons. The zero-order chi connectivity index (χ0) is 40.4. The van der Waals surface area contributed by atoms with Crippen molar-refractivity contribution in [3.63, 3.8) is 0 Å². The van der Waals surface area contributed by atoms with Gasteiger partial charge in [0.05, 0.1) is 22.1 Å². The predicted molar refractivity (Wildman–Crippen MR) is 238 cm³/mol. The number of carbonyl (C=O) groups excluding carboxylic acids is 2. The lowest BCUT2D eigenvalue weighted by atomic mass is 10.0. The molecule has 6 heterocycles. The average molecular weight is 795 g/mol. The van der Waals surface area contributed by atoms with E-state index in [-0.39, 0.29) is 11.8 Å². The smallest absolute Gasteiger partial charge is 0.232 e. The summed E-state index contributed by atoms with van der Waals surface area (Å²) >= 11 is 0. The second-order valence-electron chi connectivity index (χ2n) is 17.4. The van der Waals surface area contributed by atoms with Gasteiger partial charge < -0.3 is 19.6 Å². The van der Waals surface area contributed by atoms with Crippen molar-refractivity contribution >= 4 is 45.3 Å². The maximum atomic E-state index is 12.6.